The Morgan fingerprint density at radius 2 is 1.26 bits per heavy atom. The third-order valence-corrected chi connectivity index (χ3v) is 5.52. The summed E-state index contributed by atoms with van der Waals surface area (Å²) in [6.45, 7) is 11.2. The standard InChI is InChI=1S/C25H46O6/c1-6-21(24(27)28)17-22(25(29)31-16-12-8-10-14-20(4)5)18-23(26)30-15-11-7-9-13-19(2)3/h19-22H,6-18H2,1-5H3,(H,27,28). The van der Waals surface area contributed by atoms with Gasteiger partial charge in [0.15, 0.2) is 0 Å². The maximum Gasteiger partial charge on any atom is 0.309 e. The van der Waals surface area contributed by atoms with Crippen LogP contribution in [0.15, 0.2) is 0 Å². The second-order valence-electron chi connectivity index (χ2n) is 9.45. The van der Waals surface area contributed by atoms with Gasteiger partial charge in [0.05, 0.1) is 31.5 Å². The number of aliphatic carboxylic acids is 1. The lowest BCUT2D eigenvalue weighted by Gasteiger charge is -2.19. The first-order valence-electron chi connectivity index (χ1n) is 12.2. The normalized spacial score (nSPS) is 13.3. The number of carboxylic acid groups (broad SMARTS) is 1. The van der Waals surface area contributed by atoms with E-state index in [1.54, 1.807) is 6.92 Å². The van der Waals surface area contributed by atoms with Gasteiger partial charge in [-0.25, -0.2) is 0 Å². The van der Waals surface area contributed by atoms with Gasteiger partial charge in [0.25, 0.3) is 0 Å². The van der Waals surface area contributed by atoms with Crippen molar-refractivity contribution in [1.29, 1.82) is 0 Å². The van der Waals surface area contributed by atoms with Crippen LogP contribution in [-0.2, 0) is 23.9 Å². The van der Waals surface area contributed by atoms with Gasteiger partial charge >= 0.3 is 17.9 Å². The van der Waals surface area contributed by atoms with Gasteiger partial charge in [0, 0.05) is 0 Å². The largest absolute Gasteiger partial charge is 0.481 e. The number of hydrogen-bond donors (Lipinski definition) is 1. The Bertz CT molecular complexity index is 500. The minimum absolute atomic E-state index is 0.0987. The SMILES string of the molecule is CCC(CC(CC(=O)OCCCCCC(C)C)C(=O)OCCCCCC(C)C)C(=O)O. The van der Waals surface area contributed by atoms with Crippen LogP contribution in [0.1, 0.15) is 105 Å². The van der Waals surface area contributed by atoms with E-state index in [0.29, 0.717) is 31.5 Å². The number of carbonyl (C=O) groups is 3. The van der Waals surface area contributed by atoms with E-state index in [0.717, 1.165) is 51.4 Å². The third-order valence-electron chi connectivity index (χ3n) is 5.52. The highest BCUT2D eigenvalue weighted by Gasteiger charge is 2.29. The predicted molar refractivity (Wildman–Crippen MR) is 123 cm³/mol. The minimum Gasteiger partial charge on any atom is -0.481 e. The highest BCUT2D eigenvalue weighted by molar-refractivity contribution is 5.81. The first kappa shape index (κ1) is 29.4. The number of esters is 2. The summed E-state index contributed by atoms with van der Waals surface area (Å²) < 4.78 is 10.7. The molecule has 0 aromatic heterocycles. The molecular weight excluding hydrogens is 396 g/mol. The molecule has 0 heterocycles. The zero-order valence-corrected chi connectivity index (χ0v) is 20.5. The third kappa shape index (κ3) is 16.7. The molecule has 6 nitrogen and oxygen atoms in total. The van der Waals surface area contributed by atoms with Gasteiger partial charge in [-0.15, -0.1) is 0 Å². The molecule has 2 unspecified atom stereocenters. The van der Waals surface area contributed by atoms with E-state index in [9.17, 15) is 19.5 Å². The van der Waals surface area contributed by atoms with Gasteiger partial charge in [0.2, 0.25) is 0 Å². The second kappa shape index (κ2) is 18.0. The monoisotopic (exact) mass is 442 g/mol. The molecule has 1 N–H and O–H groups in total. The zero-order chi connectivity index (χ0) is 23.6. The molecule has 0 aliphatic carbocycles. The molecule has 0 aromatic carbocycles. The fourth-order valence-electron chi connectivity index (χ4n) is 3.45. The van der Waals surface area contributed by atoms with Crippen LogP contribution in [0.2, 0.25) is 0 Å². The molecule has 0 aliphatic rings. The molecule has 6 heteroatoms. The number of carboxylic acids is 1. The molecule has 0 aromatic rings. The molecule has 0 spiro atoms. The van der Waals surface area contributed by atoms with Crippen molar-refractivity contribution in [2.75, 3.05) is 13.2 Å². The van der Waals surface area contributed by atoms with Crippen molar-refractivity contribution in [2.24, 2.45) is 23.7 Å². The average molecular weight is 443 g/mol. The molecule has 0 saturated heterocycles. The number of carbonyl (C=O) groups excluding carboxylic acids is 2. The van der Waals surface area contributed by atoms with Crippen molar-refractivity contribution in [3.63, 3.8) is 0 Å². The van der Waals surface area contributed by atoms with E-state index in [2.05, 4.69) is 27.7 Å². The molecule has 31 heavy (non-hydrogen) atoms. The summed E-state index contributed by atoms with van der Waals surface area (Å²) in [6.07, 6.45) is 8.47. The van der Waals surface area contributed by atoms with Crippen molar-refractivity contribution in [3.8, 4) is 0 Å². The van der Waals surface area contributed by atoms with Gasteiger partial charge < -0.3 is 14.6 Å². The van der Waals surface area contributed by atoms with Crippen LogP contribution in [0.4, 0.5) is 0 Å². The average Bonchev–Trinajstić information content (AvgIpc) is 2.69. The van der Waals surface area contributed by atoms with Crippen molar-refractivity contribution in [1.82, 2.24) is 0 Å². The van der Waals surface area contributed by atoms with E-state index in [1.165, 1.54) is 0 Å². The lowest BCUT2D eigenvalue weighted by atomic mass is 9.90. The Hall–Kier alpha value is -1.59. The van der Waals surface area contributed by atoms with E-state index in [-0.39, 0.29) is 12.8 Å². The zero-order valence-electron chi connectivity index (χ0n) is 20.5. The quantitative estimate of drug-likeness (QED) is 0.194. The summed E-state index contributed by atoms with van der Waals surface area (Å²) in [6, 6.07) is 0. The maximum atomic E-state index is 12.5. The molecule has 0 aliphatic heterocycles. The Labute approximate surface area is 189 Å². The number of hydrogen-bond acceptors (Lipinski definition) is 5. The van der Waals surface area contributed by atoms with Gasteiger partial charge in [-0.05, 0) is 37.5 Å². The summed E-state index contributed by atoms with van der Waals surface area (Å²) in [5, 5.41) is 9.35. The highest BCUT2D eigenvalue weighted by Crippen LogP contribution is 2.22. The van der Waals surface area contributed by atoms with E-state index in [1.807, 2.05) is 0 Å². The summed E-state index contributed by atoms with van der Waals surface area (Å²) >= 11 is 0. The summed E-state index contributed by atoms with van der Waals surface area (Å²) in [5.41, 5.74) is 0. The smallest absolute Gasteiger partial charge is 0.309 e. The Kier molecular flexibility index (Phi) is 17.1. The van der Waals surface area contributed by atoms with Gasteiger partial charge in [-0.3, -0.25) is 14.4 Å². The molecule has 0 fully saturated rings. The first-order chi connectivity index (χ1) is 14.7. The second-order valence-corrected chi connectivity index (χ2v) is 9.45. The van der Waals surface area contributed by atoms with Crippen molar-refractivity contribution in [2.45, 2.75) is 105 Å². The van der Waals surface area contributed by atoms with Crippen LogP contribution >= 0.6 is 0 Å². The van der Waals surface area contributed by atoms with Crippen molar-refractivity contribution >= 4 is 17.9 Å². The topological polar surface area (TPSA) is 89.9 Å². The van der Waals surface area contributed by atoms with Crippen LogP contribution < -0.4 is 0 Å². The van der Waals surface area contributed by atoms with E-state index in [4.69, 9.17) is 9.47 Å². The van der Waals surface area contributed by atoms with Crippen molar-refractivity contribution < 1.29 is 29.0 Å². The van der Waals surface area contributed by atoms with E-state index < -0.39 is 29.7 Å². The van der Waals surface area contributed by atoms with Crippen LogP contribution in [0.5, 0.6) is 0 Å². The summed E-state index contributed by atoms with van der Waals surface area (Å²) in [5.74, 6) is -2.01. The Morgan fingerprint density at radius 3 is 1.71 bits per heavy atom. The molecule has 0 amide bonds. The molecular formula is C25H46O6. The first-order valence-corrected chi connectivity index (χ1v) is 12.2. The number of unbranched alkanes of at least 4 members (excludes halogenated alkanes) is 4. The molecule has 182 valence electrons. The van der Waals surface area contributed by atoms with Crippen LogP contribution in [0.3, 0.4) is 0 Å². The van der Waals surface area contributed by atoms with Gasteiger partial charge in [-0.2, -0.15) is 0 Å². The van der Waals surface area contributed by atoms with Crippen LogP contribution in [-0.4, -0.2) is 36.2 Å². The predicted octanol–water partition coefficient (Wildman–Crippen LogP) is 6.01. The summed E-state index contributed by atoms with van der Waals surface area (Å²) in [7, 11) is 0. The van der Waals surface area contributed by atoms with Crippen LogP contribution in [0, 0.1) is 23.7 Å². The molecule has 0 bridgehead atoms. The molecule has 0 rings (SSSR count). The lowest BCUT2D eigenvalue weighted by molar-refractivity contribution is -0.157. The maximum absolute atomic E-state index is 12.5. The lowest BCUT2D eigenvalue weighted by Crippen LogP contribution is -2.27. The Morgan fingerprint density at radius 1 is 0.742 bits per heavy atom. The molecule has 0 saturated carbocycles. The Balaban J connectivity index is 4.49. The number of rotatable bonds is 19. The molecule has 2 atom stereocenters. The highest BCUT2D eigenvalue weighted by atomic mass is 16.5. The molecule has 0 radical (unpaired) electrons. The minimum atomic E-state index is -0.951. The fraction of sp³-hybridized carbons (Fsp3) is 0.880. The van der Waals surface area contributed by atoms with Crippen LogP contribution in [0.25, 0.3) is 0 Å². The van der Waals surface area contributed by atoms with Gasteiger partial charge in [-0.1, -0.05) is 73.1 Å². The fourth-order valence-corrected chi connectivity index (χ4v) is 3.45. The summed E-state index contributed by atoms with van der Waals surface area (Å²) in [4.78, 5) is 36.2. The van der Waals surface area contributed by atoms with Crippen molar-refractivity contribution in [3.05, 3.63) is 0 Å². The van der Waals surface area contributed by atoms with Gasteiger partial charge in [0.1, 0.15) is 0 Å². The number of ether oxygens (including phenoxy) is 2. The van der Waals surface area contributed by atoms with E-state index >= 15 is 0 Å².